The monoisotopic (exact) mass is 254 g/mol. The molecular weight excluding hydrogens is 240 g/mol. The van der Waals surface area contributed by atoms with Gasteiger partial charge in [0.25, 0.3) is 0 Å². The van der Waals surface area contributed by atoms with E-state index < -0.39 is 0 Å². The van der Waals surface area contributed by atoms with Crippen LogP contribution >= 0.6 is 0 Å². The van der Waals surface area contributed by atoms with Crippen molar-refractivity contribution < 1.29 is 0 Å². The Kier molecular flexibility index (Phi) is 2.97. The molecule has 6 heteroatoms. The maximum absolute atomic E-state index is 4.27. The summed E-state index contributed by atoms with van der Waals surface area (Å²) in [5, 5.41) is 7.53. The molecule has 0 amide bonds. The van der Waals surface area contributed by atoms with E-state index in [9.17, 15) is 0 Å². The zero-order valence-corrected chi connectivity index (χ0v) is 10.5. The Morgan fingerprint density at radius 3 is 2.95 bits per heavy atom. The third kappa shape index (κ3) is 2.33. The van der Waals surface area contributed by atoms with E-state index in [4.69, 9.17) is 0 Å². The standard InChI is InChI=1S/C13H14N6/c1-10-12(17-8-16-10)6-15-11-4-2-3-5-13(11)19-9-14-7-18-19/h2-5,7-9,15H,6H2,1H3,(H,16,17). The van der Waals surface area contributed by atoms with Crippen LogP contribution < -0.4 is 5.32 Å². The Hall–Kier alpha value is -2.63. The highest BCUT2D eigenvalue weighted by Gasteiger charge is 2.06. The third-order valence-corrected chi connectivity index (χ3v) is 2.95. The average molecular weight is 254 g/mol. The number of hydrogen-bond donors (Lipinski definition) is 2. The van der Waals surface area contributed by atoms with E-state index in [1.54, 1.807) is 17.3 Å². The Balaban J connectivity index is 1.84. The van der Waals surface area contributed by atoms with Gasteiger partial charge in [-0.1, -0.05) is 12.1 Å². The number of aromatic nitrogens is 5. The first kappa shape index (κ1) is 11.5. The molecule has 3 aromatic rings. The number of aromatic amines is 1. The molecule has 0 fully saturated rings. The lowest BCUT2D eigenvalue weighted by molar-refractivity contribution is 0.877. The first-order valence-electron chi connectivity index (χ1n) is 6.01. The highest BCUT2D eigenvalue weighted by molar-refractivity contribution is 5.60. The topological polar surface area (TPSA) is 71.4 Å². The number of para-hydroxylation sites is 2. The minimum Gasteiger partial charge on any atom is -0.378 e. The molecule has 0 radical (unpaired) electrons. The van der Waals surface area contributed by atoms with Crippen LogP contribution in [-0.2, 0) is 6.54 Å². The molecule has 3 rings (SSSR count). The molecule has 96 valence electrons. The van der Waals surface area contributed by atoms with Crippen molar-refractivity contribution >= 4 is 5.69 Å². The first-order valence-corrected chi connectivity index (χ1v) is 6.01. The van der Waals surface area contributed by atoms with Crippen LogP contribution in [0.3, 0.4) is 0 Å². The van der Waals surface area contributed by atoms with Crippen LogP contribution in [0.4, 0.5) is 5.69 Å². The number of aryl methyl sites for hydroxylation is 1. The van der Waals surface area contributed by atoms with Crippen LogP contribution in [0, 0.1) is 6.92 Å². The van der Waals surface area contributed by atoms with Gasteiger partial charge in [-0.3, -0.25) is 0 Å². The highest BCUT2D eigenvalue weighted by atomic mass is 15.3. The normalized spacial score (nSPS) is 10.6. The Morgan fingerprint density at radius 2 is 2.21 bits per heavy atom. The van der Waals surface area contributed by atoms with Crippen molar-refractivity contribution in [3.63, 3.8) is 0 Å². The molecule has 0 unspecified atom stereocenters. The second-order valence-corrected chi connectivity index (χ2v) is 4.18. The minimum absolute atomic E-state index is 0.668. The van der Waals surface area contributed by atoms with Gasteiger partial charge in [0.15, 0.2) is 0 Å². The van der Waals surface area contributed by atoms with Gasteiger partial charge in [0.05, 0.1) is 29.9 Å². The zero-order valence-electron chi connectivity index (χ0n) is 10.5. The molecule has 19 heavy (non-hydrogen) atoms. The molecule has 0 aliphatic rings. The number of imidazole rings is 1. The summed E-state index contributed by atoms with van der Waals surface area (Å²) < 4.78 is 1.74. The van der Waals surface area contributed by atoms with Crippen LogP contribution in [0.15, 0.2) is 43.2 Å². The summed E-state index contributed by atoms with van der Waals surface area (Å²) in [6, 6.07) is 7.97. The van der Waals surface area contributed by atoms with Crippen molar-refractivity contribution in [2.45, 2.75) is 13.5 Å². The molecule has 0 spiro atoms. The fourth-order valence-electron chi connectivity index (χ4n) is 1.90. The van der Waals surface area contributed by atoms with Gasteiger partial charge >= 0.3 is 0 Å². The number of benzene rings is 1. The Labute approximate surface area is 110 Å². The van der Waals surface area contributed by atoms with Gasteiger partial charge in [-0.15, -0.1) is 0 Å². The maximum atomic E-state index is 4.27. The second-order valence-electron chi connectivity index (χ2n) is 4.18. The summed E-state index contributed by atoms with van der Waals surface area (Å²) in [4.78, 5) is 11.3. The third-order valence-electron chi connectivity index (χ3n) is 2.95. The molecule has 0 saturated carbocycles. The molecule has 2 aromatic heterocycles. The SMILES string of the molecule is Cc1[nH]cnc1CNc1ccccc1-n1cncn1. The lowest BCUT2D eigenvalue weighted by Gasteiger charge is -2.10. The van der Waals surface area contributed by atoms with Crippen molar-refractivity contribution in [3.8, 4) is 5.69 Å². The largest absolute Gasteiger partial charge is 0.378 e. The van der Waals surface area contributed by atoms with Crippen molar-refractivity contribution in [1.29, 1.82) is 0 Å². The average Bonchev–Trinajstić information content (AvgIpc) is 3.08. The summed E-state index contributed by atoms with van der Waals surface area (Å²) in [5.41, 5.74) is 4.04. The summed E-state index contributed by atoms with van der Waals surface area (Å²) >= 11 is 0. The predicted octanol–water partition coefficient (Wildman–Crippen LogP) is 1.91. The smallest absolute Gasteiger partial charge is 0.138 e. The molecule has 2 N–H and O–H groups in total. The molecule has 0 bridgehead atoms. The van der Waals surface area contributed by atoms with E-state index >= 15 is 0 Å². The number of anilines is 1. The van der Waals surface area contributed by atoms with Gasteiger partial charge in [-0.25, -0.2) is 14.6 Å². The number of hydrogen-bond acceptors (Lipinski definition) is 4. The lowest BCUT2D eigenvalue weighted by atomic mass is 10.2. The second kappa shape index (κ2) is 4.93. The first-order chi connectivity index (χ1) is 9.34. The van der Waals surface area contributed by atoms with Gasteiger partial charge < -0.3 is 10.3 Å². The summed E-state index contributed by atoms with van der Waals surface area (Å²) in [6.45, 7) is 2.67. The summed E-state index contributed by atoms with van der Waals surface area (Å²) in [5.74, 6) is 0. The molecule has 1 aromatic carbocycles. The number of nitrogens with one attached hydrogen (secondary N) is 2. The summed E-state index contributed by atoms with van der Waals surface area (Å²) in [6.07, 6.45) is 4.91. The van der Waals surface area contributed by atoms with Crippen molar-refractivity contribution in [2.75, 3.05) is 5.32 Å². The van der Waals surface area contributed by atoms with E-state index in [0.717, 1.165) is 22.8 Å². The van der Waals surface area contributed by atoms with Gasteiger partial charge in [0, 0.05) is 5.69 Å². The van der Waals surface area contributed by atoms with Crippen LogP contribution in [0.25, 0.3) is 5.69 Å². The van der Waals surface area contributed by atoms with Crippen molar-refractivity contribution in [3.05, 3.63) is 54.6 Å². The van der Waals surface area contributed by atoms with Crippen LogP contribution in [0.2, 0.25) is 0 Å². The van der Waals surface area contributed by atoms with Crippen LogP contribution in [-0.4, -0.2) is 24.7 Å². The van der Waals surface area contributed by atoms with Gasteiger partial charge in [-0.05, 0) is 19.1 Å². The Morgan fingerprint density at radius 1 is 1.32 bits per heavy atom. The minimum atomic E-state index is 0.668. The van der Waals surface area contributed by atoms with E-state index in [1.807, 2.05) is 31.2 Å². The van der Waals surface area contributed by atoms with Gasteiger partial charge in [0.1, 0.15) is 12.7 Å². The number of H-pyrrole nitrogens is 1. The lowest BCUT2D eigenvalue weighted by Crippen LogP contribution is -2.05. The van der Waals surface area contributed by atoms with Crippen molar-refractivity contribution in [1.82, 2.24) is 24.7 Å². The van der Waals surface area contributed by atoms with E-state index in [0.29, 0.717) is 6.54 Å². The van der Waals surface area contributed by atoms with Gasteiger partial charge in [0.2, 0.25) is 0 Å². The number of nitrogens with zero attached hydrogens (tertiary/aromatic N) is 4. The molecule has 0 aliphatic carbocycles. The highest BCUT2D eigenvalue weighted by Crippen LogP contribution is 2.19. The van der Waals surface area contributed by atoms with Crippen LogP contribution in [0.1, 0.15) is 11.4 Å². The fourth-order valence-corrected chi connectivity index (χ4v) is 1.90. The molecular formula is C13H14N6. The van der Waals surface area contributed by atoms with Crippen molar-refractivity contribution in [2.24, 2.45) is 0 Å². The van der Waals surface area contributed by atoms with Gasteiger partial charge in [-0.2, -0.15) is 5.10 Å². The van der Waals surface area contributed by atoms with E-state index in [2.05, 4.69) is 25.4 Å². The predicted molar refractivity (Wildman–Crippen MR) is 72.0 cm³/mol. The molecule has 0 aliphatic heterocycles. The quantitative estimate of drug-likeness (QED) is 0.746. The van der Waals surface area contributed by atoms with E-state index in [-0.39, 0.29) is 0 Å². The number of rotatable bonds is 4. The maximum Gasteiger partial charge on any atom is 0.138 e. The molecule has 2 heterocycles. The van der Waals surface area contributed by atoms with Crippen LogP contribution in [0.5, 0.6) is 0 Å². The molecule has 0 atom stereocenters. The fraction of sp³-hybridized carbons (Fsp3) is 0.154. The summed E-state index contributed by atoms with van der Waals surface area (Å²) in [7, 11) is 0. The van der Waals surface area contributed by atoms with E-state index in [1.165, 1.54) is 6.33 Å². The molecule has 0 saturated heterocycles. The zero-order chi connectivity index (χ0) is 13.1. The molecule has 6 nitrogen and oxygen atoms in total. The Bertz CT molecular complexity index is 655.